The van der Waals surface area contributed by atoms with Crippen LogP contribution in [0.4, 0.5) is 0 Å². The van der Waals surface area contributed by atoms with Gasteiger partial charge in [0, 0.05) is 24.4 Å². The summed E-state index contributed by atoms with van der Waals surface area (Å²) in [6, 6.07) is 8.43. The third kappa shape index (κ3) is 4.81. The molecule has 2 atom stereocenters. The van der Waals surface area contributed by atoms with Gasteiger partial charge in [0.2, 0.25) is 6.29 Å². The van der Waals surface area contributed by atoms with Crippen LogP contribution in [0.2, 0.25) is 0 Å². The van der Waals surface area contributed by atoms with Gasteiger partial charge in [-0.25, -0.2) is 0 Å². The highest BCUT2D eigenvalue weighted by molar-refractivity contribution is 7.73. The molecule has 1 aliphatic heterocycles. The molecule has 2 aromatic rings. The zero-order valence-corrected chi connectivity index (χ0v) is 18.8. The second-order valence-electron chi connectivity index (χ2n) is 8.10. The molecule has 0 aliphatic carbocycles. The minimum atomic E-state index is -5.07. The van der Waals surface area contributed by atoms with Gasteiger partial charge in [0.25, 0.3) is 5.08 Å². The monoisotopic (exact) mass is 471 g/mol. The van der Waals surface area contributed by atoms with Gasteiger partial charge < -0.3 is 19.6 Å². The Hall–Kier alpha value is -1.90. The number of esters is 1. The average Bonchev–Trinajstić information content (AvgIpc) is 2.66. The molecule has 0 saturated carbocycles. The number of benzene rings is 1. The van der Waals surface area contributed by atoms with Crippen molar-refractivity contribution in [2.24, 2.45) is 5.41 Å². The van der Waals surface area contributed by atoms with E-state index >= 15 is 0 Å². The van der Waals surface area contributed by atoms with E-state index in [4.69, 9.17) is 13.8 Å². The first-order chi connectivity index (χ1) is 14.3. The zero-order valence-electron chi connectivity index (χ0n) is 17.0. The lowest BCUT2D eigenvalue weighted by Crippen LogP contribution is -2.37. The number of carbonyl (C=O) groups excluding carboxylic acids is 1. The molecule has 1 aromatic heterocycles. The molecule has 10 nitrogen and oxygen atoms in total. The first-order valence-electron chi connectivity index (χ1n) is 9.21. The molecular weight excluding hydrogens is 448 g/mol. The summed E-state index contributed by atoms with van der Waals surface area (Å²) in [5.41, 5.74) is -0.369. The maximum Gasteiger partial charge on any atom is 0.374 e. The smallest absolute Gasteiger partial charge is 0.374 e. The molecular formula is C19H23NO9P2. The van der Waals surface area contributed by atoms with Crippen LogP contribution in [0.25, 0.3) is 0 Å². The second-order valence-corrected chi connectivity index (χ2v) is 12.4. The van der Waals surface area contributed by atoms with E-state index in [0.29, 0.717) is 0 Å². The number of nitrogens with zero attached hydrogens (tertiary/aromatic N) is 1. The van der Waals surface area contributed by atoms with Crippen LogP contribution in [0.15, 0.2) is 48.8 Å². The minimum absolute atomic E-state index is 0.113. The summed E-state index contributed by atoms with van der Waals surface area (Å²) in [6.45, 7) is 5.08. The van der Waals surface area contributed by atoms with Crippen LogP contribution in [0.3, 0.4) is 0 Å². The Morgan fingerprint density at radius 2 is 1.71 bits per heavy atom. The molecule has 168 valence electrons. The number of ether oxygens (including phenoxy) is 1. The Morgan fingerprint density at radius 3 is 2.19 bits per heavy atom. The van der Waals surface area contributed by atoms with Crippen molar-refractivity contribution in [1.82, 2.24) is 4.98 Å². The number of aliphatic hydroxyl groups is 1. The molecule has 0 amide bonds. The summed E-state index contributed by atoms with van der Waals surface area (Å²) >= 11 is 0. The molecule has 12 heteroatoms. The maximum absolute atomic E-state index is 12.8. The predicted octanol–water partition coefficient (Wildman–Crippen LogP) is 3.34. The van der Waals surface area contributed by atoms with Crippen molar-refractivity contribution < 1.29 is 42.6 Å². The number of hydrogen-bond donors (Lipinski definition) is 3. The van der Waals surface area contributed by atoms with Gasteiger partial charge in [0.05, 0.1) is 5.41 Å². The van der Waals surface area contributed by atoms with Gasteiger partial charge in [-0.15, -0.1) is 0 Å². The van der Waals surface area contributed by atoms with Gasteiger partial charge in [-0.05, 0) is 44.5 Å². The third-order valence-electron chi connectivity index (χ3n) is 4.52. The van der Waals surface area contributed by atoms with Crippen molar-refractivity contribution >= 4 is 21.2 Å². The topological polar surface area (TPSA) is 152 Å². The lowest BCUT2D eigenvalue weighted by atomic mass is 9.97. The number of pyridine rings is 1. The second kappa shape index (κ2) is 8.22. The van der Waals surface area contributed by atoms with Crippen molar-refractivity contribution in [3.05, 3.63) is 59.9 Å². The van der Waals surface area contributed by atoms with Gasteiger partial charge in [-0.3, -0.25) is 28.0 Å². The van der Waals surface area contributed by atoms with Crippen molar-refractivity contribution in [2.45, 2.75) is 38.6 Å². The first kappa shape index (κ1) is 23.8. The van der Waals surface area contributed by atoms with Gasteiger partial charge in [0.1, 0.15) is 5.75 Å². The van der Waals surface area contributed by atoms with Crippen LogP contribution in [-0.2, 0) is 29.4 Å². The summed E-state index contributed by atoms with van der Waals surface area (Å²) in [5, 5.41) is 7.64. The van der Waals surface area contributed by atoms with Gasteiger partial charge >= 0.3 is 21.2 Å². The maximum atomic E-state index is 12.8. The number of hydrogen-bond acceptors (Lipinski definition) is 8. The van der Waals surface area contributed by atoms with E-state index in [9.17, 15) is 28.8 Å². The molecule has 3 rings (SSSR count). The van der Waals surface area contributed by atoms with Crippen molar-refractivity contribution in [3.8, 4) is 5.75 Å². The molecule has 1 aliphatic rings. The Morgan fingerprint density at radius 1 is 1.13 bits per heavy atom. The summed E-state index contributed by atoms with van der Waals surface area (Å²) in [4.78, 5) is 36.5. The number of rotatable bonds is 4. The molecule has 1 fully saturated rings. The van der Waals surface area contributed by atoms with E-state index in [-0.39, 0.29) is 16.9 Å². The van der Waals surface area contributed by atoms with Gasteiger partial charge in [0.15, 0.2) is 0 Å². The molecule has 31 heavy (non-hydrogen) atoms. The van der Waals surface area contributed by atoms with E-state index in [1.165, 1.54) is 48.8 Å². The highest BCUT2D eigenvalue weighted by Gasteiger charge is 2.67. The molecule has 0 spiro atoms. The molecule has 1 saturated heterocycles. The highest BCUT2D eigenvalue weighted by atomic mass is 31.2. The van der Waals surface area contributed by atoms with E-state index in [2.05, 4.69) is 4.98 Å². The van der Waals surface area contributed by atoms with Gasteiger partial charge in [-0.2, -0.15) is 0 Å². The average molecular weight is 471 g/mol. The summed E-state index contributed by atoms with van der Waals surface area (Å²) < 4.78 is 40.9. The number of aromatic nitrogens is 1. The molecule has 0 bridgehead atoms. The van der Waals surface area contributed by atoms with Crippen LogP contribution in [-0.4, -0.2) is 30.9 Å². The van der Waals surface area contributed by atoms with Crippen LogP contribution in [0.1, 0.15) is 38.2 Å². The fraction of sp³-hybridized carbons (Fsp3) is 0.368. The summed E-state index contributed by atoms with van der Waals surface area (Å²) in [5.74, 6) is -0.266. The van der Waals surface area contributed by atoms with E-state index in [0.717, 1.165) is 0 Å². The van der Waals surface area contributed by atoms with E-state index in [1.807, 2.05) is 0 Å². The van der Waals surface area contributed by atoms with Crippen molar-refractivity contribution in [3.63, 3.8) is 0 Å². The fourth-order valence-electron chi connectivity index (χ4n) is 2.66. The fourth-order valence-corrected chi connectivity index (χ4v) is 6.24. The summed E-state index contributed by atoms with van der Waals surface area (Å²) in [7, 11) is -10.1. The molecule has 0 radical (unpaired) electrons. The zero-order chi connectivity index (χ0) is 23.1. The Balaban J connectivity index is 1.83. The molecule has 1 aromatic carbocycles. The molecule has 2 unspecified atom stereocenters. The molecule has 2 heterocycles. The lowest BCUT2D eigenvalue weighted by molar-refractivity contribution is -0.143. The van der Waals surface area contributed by atoms with E-state index < -0.39 is 44.4 Å². The minimum Gasteiger partial charge on any atom is -0.426 e. The quantitative estimate of drug-likeness (QED) is 0.344. The first-order valence-corrected chi connectivity index (χ1v) is 12.4. The Labute approximate surface area is 178 Å². The lowest BCUT2D eigenvalue weighted by Gasteiger charge is -2.41. The van der Waals surface area contributed by atoms with Crippen LogP contribution in [0.5, 0.6) is 5.75 Å². The molecule has 3 N–H and O–H groups in total. The van der Waals surface area contributed by atoms with E-state index in [1.54, 1.807) is 20.8 Å². The van der Waals surface area contributed by atoms with Crippen LogP contribution < -0.4 is 4.74 Å². The standard InChI is InChI=1S/C19H23NO9P2/c1-18(2,3)17(21)27-15-8-6-14(7-9-15)16-28-30(23,24)19(22,31(25,26)29-16)11-13-5-4-10-20-12-13/h4-10,12,16,22H,11H2,1-3H3,(H,23,24)(H,25,26). The summed E-state index contributed by atoms with van der Waals surface area (Å²) in [6.07, 6.45) is 0.336. The third-order valence-corrected chi connectivity index (χ3v) is 9.12. The largest absolute Gasteiger partial charge is 0.426 e. The Kier molecular flexibility index (Phi) is 6.30. The van der Waals surface area contributed by atoms with Crippen LogP contribution >= 0.6 is 15.2 Å². The van der Waals surface area contributed by atoms with Gasteiger partial charge in [-0.1, -0.05) is 18.2 Å². The van der Waals surface area contributed by atoms with Crippen LogP contribution in [0, 0.1) is 5.41 Å². The highest BCUT2D eigenvalue weighted by Crippen LogP contribution is 2.79. The predicted molar refractivity (Wildman–Crippen MR) is 109 cm³/mol. The van der Waals surface area contributed by atoms with Crippen molar-refractivity contribution in [2.75, 3.05) is 0 Å². The SMILES string of the molecule is CC(C)(C)C(=O)Oc1ccc(C2OP(=O)(O)C(O)(Cc3cccnc3)P(=O)(O)O2)cc1. The normalized spacial score (nSPS) is 31.2. The Bertz CT molecular complexity index is 1020. The number of carbonyl (C=O) groups is 1. The van der Waals surface area contributed by atoms with Crippen molar-refractivity contribution in [1.29, 1.82) is 0 Å².